The molecule has 43 heavy (non-hydrogen) atoms. The number of alkyl carbamates (subject to hydrolysis) is 1. The largest absolute Gasteiger partial charge is 0.480 e. The number of ether oxygens (including phenoxy) is 1. The lowest BCUT2D eigenvalue weighted by Crippen LogP contribution is -2.49. The van der Waals surface area contributed by atoms with Crippen LogP contribution < -0.4 is 26.7 Å². The number of fused-ring (bicyclic) bond motifs is 1. The van der Waals surface area contributed by atoms with E-state index in [4.69, 9.17) is 4.74 Å². The highest BCUT2D eigenvalue weighted by molar-refractivity contribution is 5.97. The molecule has 228 valence electrons. The Morgan fingerprint density at radius 3 is 2.70 bits per heavy atom. The van der Waals surface area contributed by atoms with Gasteiger partial charge < -0.3 is 25.0 Å². The molecular formula is C31H38N6O6. The molecule has 3 aromatic rings. The molecule has 2 atom stereocenters. The van der Waals surface area contributed by atoms with Gasteiger partial charge in [0, 0.05) is 44.0 Å². The number of hydrogen-bond acceptors (Lipinski definition) is 8. The number of aryl methyl sites for hydroxylation is 2. The number of aliphatic imine (C=N–C) groups is 1. The summed E-state index contributed by atoms with van der Waals surface area (Å²) in [7, 11) is 0. The average Bonchev–Trinajstić information content (AvgIpc) is 3.02. The number of nitrogens with zero attached hydrogens (tertiary/aromatic N) is 2. The van der Waals surface area contributed by atoms with Crippen LogP contribution in [0.5, 0.6) is 0 Å². The fourth-order valence-electron chi connectivity index (χ4n) is 4.63. The van der Waals surface area contributed by atoms with Crippen molar-refractivity contribution in [3.8, 4) is 0 Å². The molecule has 2 heterocycles. The van der Waals surface area contributed by atoms with Crippen LogP contribution in [0.15, 0.2) is 64.5 Å². The Labute approximate surface area is 249 Å². The van der Waals surface area contributed by atoms with Crippen molar-refractivity contribution in [1.82, 2.24) is 25.8 Å². The van der Waals surface area contributed by atoms with Crippen LogP contribution >= 0.6 is 0 Å². The van der Waals surface area contributed by atoms with E-state index in [2.05, 4.69) is 26.3 Å². The molecule has 5 N–H and O–H groups in total. The van der Waals surface area contributed by atoms with E-state index in [0.29, 0.717) is 36.8 Å². The molecule has 0 fully saturated rings. The Kier molecular flexibility index (Phi) is 11.4. The zero-order valence-corrected chi connectivity index (χ0v) is 24.2. The highest BCUT2D eigenvalue weighted by Gasteiger charge is 2.23. The van der Waals surface area contributed by atoms with E-state index >= 15 is 0 Å². The topological polar surface area (TPSA) is 163 Å². The maximum absolute atomic E-state index is 13.5. The van der Waals surface area contributed by atoms with E-state index in [1.165, 1.54) is 6.20 Å². The molecule has 4 rings (SSSR count). The normalized spacial score (nSPS) is 15.1. The van der Waals surface area contributed by atoms with Crippen LogP contribution in [-0.2, 0) is 29.0 Å². The maximum Gasteiger partial charge on any atom is 0.407 e. The van der Waals surface area contributed by atoms with Crippen LogP contribution in [0.2, 0.25) is 0 Å². The standard InChI is InChI=1S/C31H38N6O6/c1-2-3-16-43-31(42)36-25(29(40)41)19-34-28(39)24-20-37(15-12-21-8-5-4-6-9-21)26-17-22(10-11-23(26)27(24)38)18-35-30-32-13-7-14-33-30/h4-6,8-11,13,17,20,25,30,33,35H,2-3,7,12,14-16,18-19H2,1H3,(H,34,39)(H,36,42)(H,40,41). The quantitative estimate of drug-likeness (QED) is 0.179. The highest BCUT2D eigenvalue weighted by atomic mass is 16.5. The van der Waals surface area contributed by atoms with Gasteiger partial charge in [-0.25, -0.2) is 9.59 Å². The third-order valence-electron chi connectivity index (χ3n) is 7.03. The Hall–Kier alpha value is -4.55. The van der Waals surface area contributed by atoms with E-state index in [-0.39, 0.29) is 18.5 Å². The summed E-state index contributed by atoms with van der Waals surface area (Å²) in [4.78, 5) is 54.8. The molecule has 12 nitrogen and oxygen atoms in total. The summed E-state index contributed by atoms with van der Waals surface area (Å²) in [5.41, 5.74) is 2.13. The van der Waals surface area contributed by atoms with Crippen molar-refractivity contribution in [3.63, 3.8) is 0 Å². The molecule has 1 aliphatic rings. The summed E-state index contributed by atoms with van der Waals surface area (Å²) in [6.45, 7) is 3.51. The third-order valence-corrected chi connectivity index (χ3v) is 7.03. The molecular weight excluding hydrogens is 552 g/mol. The Morgan fingerprint density at radius 2 is 1.98 bits per heavy atom. The minimum Gasteiger partial charge on any atom is -0.480 e. The second-order valence-electron chi connectivity index (χ2n) is 10.2. The van der Waals surface area contributed by atoms with Gasteiger partial charge in [0.15, 0.2) is 6.29 Å². The molecule has 0 radical (unpaired) electrons. The molecule has 12 heteroatoms. The predicted molar refractivity (Wildman–Crippen MR) is 163 cm³/mol. The van der Waals surface area contributed by atoms with E-state index in [0.717, 1.165) is 30.5 Å². The van der Waals surface area contributed by atoms with Gasteiger partial charge in [0.1, 0.15) is 11.6 Å². The monoisotopic (exact) mass is 590 g/mol. The number of carboxylic acids is 1. The van der Waals surface area contributed by atoms with Crippen molar-refractivity contribution >= 4 is 35.1 Å². The predicted octanol–water partition coefficient (Wildman–Crippen LogP) is 2.39. The van der Waals surface area contributed by atoms with Crippen molar-refractivity contribution in [3.05, 3.63) is 81.6 Å². The molecule has 2 amide bonds. The second-order valence-corrected chi connectivity index (χ2v) is 10.2. The maximum atomic E-state index is 13.5. The fraction of sp³-hybridized carbons (Fsp3) is 0.387. The van der Waals surface area contributed by atoms with Gasteiger partial charge in [0.05, 0.1) is 12.1 Å². The second kappa shape index (κ2) is 15.6. The van der Waals surface area contributed by atoms with Gasteiger partial charge in [-0.3, -0.25) is 25.2 Å². The number of carboxylic acid groups (broad SMARTS) is 1. The molecule has 0 saturated heterocycles. The van der Waals surface area contributed by atoms with Crippen LogP contribution in [0.25, 0.3) is 10.9 Å². The summed E-state index contributed by atoms with van der Waals surface area (Å²) < 4.78 is 6.84. The first kappa shape index (κ1) is 31.4. The van der Waals surface area contributed by atoms with Crippen LogP contribution in [0.1, 0.15) is 47.7 Å². The van der Waals surface area contributed by atoms with Crippen LogP contribution in [-0.4, -0.2) is 65.9 Å². The van der Waals surface area contributed by atoms with Gasteiger partial charge >= 0.3 is 12.1 Å². The molecule has 1 aromatic heterocycles. The van der Waals surface area contributed by atoms with Crippen LogP contribution in [0, 0.1) is 0 Å². The number of rotatable bonds is 14. The number of carbonyl (C=O) groups is 3. The molecule has 0 saturated carbocycles. The first-order valence-corrected chi connectivity index (χ1v) is 14.5. The number of hydrogen-bond donors (Lipinski definition) is 5. The highest BCUT2D eigenvalue weighted by Crippen LogP contribution is 2.17. The molecule has 2 unspecified atom stereocenters. The van der Waals surface area contributed by atoms with Gasteiger partial charge in [-0.1, -0.05) is 49.7 Å². The molecule has 1 aliphatic heterocycles. The first-order valence-electron chi connectivity index (χ1n) is 14.5. The lowest BCUT2D eigenvalue weighted by molar-refractivity contribution is -0.139. The molecule has 0 spiro atoms. The number of benzene rings is 2. The van der Waals surface area contributed by atoms with Crippen molar-refractivity contribution < 1.29 is 24.2 Å². The summed E-state index contributed by atoms with van der Waals surface area (Å²) >= 11 is 0. The van der Waals surface area contributed by atoms with Crippen molar-refractivity contribution in [2.45, 2.75) is 58.0 Å². The summed E-state index contributed by atoms with van der Waals surface area (Å²) in [5, 5.41) is 21.3. The van der Waals surface area contributed by atoms with Gasteiger partial charge in [0.25, 0.3) is 5.91 Å². The van der Waals surface area contributed by atoms with Crippen LogP contribution in [0.4, 0.5) is 4.79 Å². The van der Waals surface area contributed by atoms with Gasteiger partial charge in [-0.05, 0) is 42.5 Å². The Morgan fingerprint density at radius 1 is 1.16 bits per heavy atom. The SMILES string of the molecule is CCCCOC(=O)NC(CNC(=O)c1cn(CCc2ccccc2)c2cc(CNC3N=CCCN3)ccc2c1=O)C(=O)O. The van der Waals surface area contributed by atoms with Crippen molar-refractivity contribution in [1.29, 1.82) is 0 Å². The number of nitrogens with one attached hydrogen (secondary N) is 4. The molecule has 0 aliphatic carbocycles. The first-order chi connectivity index (χ1) is 20.9. The smallest absolute Gasteiger partial charge is 0.407 e. The van der Waals surface area contributed by atoms with E-state index < -0.39 is 36.0 Å². The van der Waals surface area contributed by atoms with E-state index in [1.807, 2.05) is 60.2 Å². The molecule has 2 aromatic carbocycles. The fourth-order valence-corrected chi connectivity index (χ4v) is 4.63. The van der Waals surface area contributed by atoms with Crippen LogP contribution in [0.3, 0.4) is 0 Å². The Bertz CT molecular complexity index is 1510. The number of pyridine rings is 1. The average molecular weight is 591 g/mol. The van der Waals surface area contributed by atoms with Gasteiger partial charge in [0.2, 0.25) is 5.43 Å². The minimum atomic E-state index is -1.43. The number of aliphatic carboxylic acids is 1. The minimum absolute atomic E-state index is 0.123. The van der Waals surface area contributed by atoms with E-state index in [9.17, 15) is 24.3 Å². The summed E-state index contributed by atoms with van der Waals surface area (Å²) in [5.74, 6) is -2.08. The number of unbranched alkanes of at least 4 members (excludes halogenated alkanes) is 1. The van der Waals surface area contributed by atoms with Gasteiger partial charge in [-0.2, -0.15) is 0 Å². The number of carbonyl (C=O) groups excluding carboxylic acids is 2. The Balaban J connectivity index is 1.55. The zero-order valence-electron chi connectivity index (χ0n) is 24.2. The van der Waals surface area contributed by atoms with Crippen molar-refractivity contribution in [2.75, 3.05) is 19.7 Å². The molecule has 0 bridgehead atoms. The summed E-state index contributed by atoms with van der Waals surface area (Å²) in [6.07, 6.45) is 5.33. The van der Waals surface area contributed by atoms with Crippen molar-refractivity contribution in [2.24, 2.45) is 4.99 Å². The van der Waals surface area contributed by atoms with E-state index in [1.54, 1.807) is 6.07 Å². The zero-order chi connectivity index (χ0) is 30.6. The lowest BCUT2D eigenvalue weighted by atomic mass is 10.1. The third kappa shape index (κ3) is 8.97. The number of aromatic nitrogens is 1. The summed E-state index contributed by atoms with van der Waals surface area (Å²) in [6, 6.07) is 13.9. The lowest BCUT2D eigenvalue weighted by Gasteiger charge is -2.20. The number of amides is 2. The van der Waals surface area contributed by atoms with Gasteiger partial charge in [-0.15, -0.1) is 0 Å².